The fraction of sp³-hybridized carbons (Fsp3) is 0.692. The Morgan fingerprint density at radius 3 is 2.94 bits per heavy atom. The monoisotopic (exact) mass is 250 g/mol. The van der Waals surface area contributed by atoms with Gasteiger partial charge in [-0.25, -0.2) is 4.98 Å². The molecule has 0 spiro atoms. The van der Waals surface area contributed by atoms with Crippen LogP contribution in [0.25, 0.3) is 0 Å². The van der Waals surface area contributed by atoms with Gasteiger partial charge in [-0.15, -0.1) is 0 Å². The molecule has 0 aliphatic carbocycles. The molecular weight excluding hydrogens is 228 g/mol. The molecule has 2 atom stereocenters. The fourth-order valence-corrected chi connectivity index (χ4v) is 2.23. The van der Waals surface area contributed by atoms with Crippen LogP contribution < -0.4 is 15.4 Å². The summed E-state index contributed by atoms with van der Waals surface area (Å²) in [5.41, 5.74) is 6.97. The lowest BCUT2D eigenvalue weighted by molar-refractivity contribution is 0.324. The van der Waals surface area contributed by atoms with E-state index in [1.54, 1.807) is 0 Å². The van der Waals surface area contributed by atoms with Crippen LogP contribution in [0.5, 0.6) is 5.88 Å². The van der Waals surface area contributed by atoms with E-state index in [1.807, 2.05) is 19.9 Å². The summed E-state index contributed by atoms with van der Waals surface area (Å²) in [5, 5.41) is 0. The number of nitrogens with two attached hydrogens (primary N) is 1. The summed E-state index contributed by atoms with van der Waals surface area (Å²) in [6, 6.07) is 2.16. The molecule has 0 aromatic carbocycles. The molecule has 1 aromatic heterocycles. The Hall–Kier alpha value is -1.36. The molecule has 100 valence electrons. The van der Waals surface area contributed by atoms with Crippen molar-refractivity contribution >= 4 is 5.95 Å². The summed E-state index contributed by atoms with van der Waals surface area (Å²) in [4.78, 5) is 11.1. The molecule has 1 aliphatic heterocycles. The van der Waals surface area contributed by atoms with Crippen molar-refractivity contribution in [3.63, 3.8) is 0 Å². The minimum absolute atomic E-state index is 0.289. The van der Waals surface area contributed by atoms with E-state index in [0.29, 0.717) is 18.4 Å². The van der Waals surface area contributed by atoms with Crippen molar-refractivity contribution < 1.29 is 4.74 Å². The molecule has 5 nitrogen and oxygen atoms in total. The van der Waals surface area contributed by atoms with Gasteiger partial charge in [-0.2, -0.15) is 4.98 Å². The number of anilines is 1. The second-order valence-corrected chi connectivity index (χ2v) is 4.96. The molecule has 0 amide bonds. The lowest BCUT2D eigenvalue weighted by Gasteiger charge is -2.35. The Bertz CT molecular complexity index is 410. The van der Waals surface area contributed by atoms with Crippen LogP contribution in [0, 0.1) is 12.8 Å². The van der Waals surface area contributed by atoms with Crippen molar-refractivity contribution in [3.8, 4) is 5.88 Å². The number of rotatable bonds is 3. The molecule has 1 saturated heterocycles. The minimum atomic E-state index is 0.289. The van der Waals surface area contributed by atoms with Gasteiger partial charge in [-0.05, 0) is 26.2 Å². The number of aryl methyl sites for hydroxylation is 1. The Kier molecular flexibility index (Phi) is 4.01. The highest BCUT2D eigenvalue weighted by Crippen LogP contribution is 2.21. The molecule has 2 heterocycles. The third kappa shape index (κ3) is 2.90. The SMILES string of the molecule is CCOc1cc(C)nc(N2CCC(N)C(C)C2)n1. The molecule has 0 saturated carbocycles. The molecule has 2 rings (SSSR count). The first-order chi connectivity index (χ1) is 8.60. The number of piperidine rings is 1. The molecule has 5 heteroatoms. The zero-order valence-electron chi connectivity index (χ0n) is 11.4. The summed E-state index contributed by atoms with van der Waals surface area (Å²) in [5.74, 6) is 1.89. The van der Waals surface area contributed by atoms with Gasteiger partial charge in [0.25, 0.3) is 0 Å². The van der Waals surface area contributed by atoms with Crippen LogP contribution in [0.1, 0.15) is 26.0 Å². The Morgan fingerprint density at radius 2 is 2.28 bits per heavy atom. The van der Waals surface area contributed by atoms with Crippen molar-refractivity contribution in [1.29, 1.82) is 0 Å². The Morgan fingerprint density at radius 1 is 1.50 bits per heavy atom. The standard InChI is InChI=1S/C13H22N4O/c1-4-18-12-7-10(3)15-13(16-12)17-6-5-11(14)9(2)8-17/h7,9,11H,4-6,8,14H2,1-3H3. The second-order valence-electron chi connectivity index (χ2n) is 4.96. The van der Waals surface area contributed by atoms with Gasteiger partial charge in [0.2, 0.25) is 11.8 Å². The maximum atomic E-state index is 6.03. The summed E-state index contributed by atoms with van der Waals surface area (Å²) in [7, 11) is 0. The van der Waals surface area contributed by atoms with E-state index in [9.17, 15) is 0 Å². The van der Waals surface area contributed by atoms with Gasteiger partial charge in [0.1, 0.15) is 0 Å². The molecule has 18 heavy (non-hydrogen) atoms. The molecular formula is C13H22N4O. The van der Waals surface area contributed by atoms with E-state index in [2.05, 4.69) is 21.8 Å². The van der Waals surface area contributed by atoms with Gasteiger partial charge in [0.05, 0.1) is 6.61 Å². The highest BCUT2D eigenvalue weighted by molar-refractivity contribution is 5.35. The zero-order chi connectivity index (χ0) is 13.1. The third-order valence-corrected chi connectivity index (χ3v) is 3.37. The number of hydrogen-bond donors (Lipinski definition) is 1. The highest BCUT2D eigenvalue weighted by Gasteiger charge is 2.25. The third-order valence-electron chi connectivity index (χ3n) is 3.37. The van der Waals surface area contributed by atoms with E-state index < -0.39 is 0 Å². The average molecular weight is 250 g/mol. The van der Waals surface area contributed by atoms with Gasteiger partial charge in [0.15, 0.2) is 0 Å². The Balaban J connectivity index is 2.17. The van der Waals surface area contributed by atoms with Gasteiger partial charge < -0.3 is 15.4 Å². The van der Waals surface area contributed by atoms with Crippen molar-refractivity contribution in [2.24, 2.45) is 11.7 Å². The van der Waals surface area contributed by atoms with E-state index in [-0.39, 0.29) is 6.04 Å². The number of nitrogens with zero attached hydrogens (tertiary/aromatic N) is 3. The van der Waals surface area contributed by atoms with Crippen LogP contribution in [-0.4, -0.2) is 35.7 Å². The van der Waals surface area contributed by atoms with Crippen LogP contribution in [0.15, 0.2) is 6.07 Å². The van der Waals surface area contributed by atoms with Crippen molar-refractivity contribution in [1.82, 2.24) is 9.97 Å². The van der Waals surface area contributed by atoms with Gasteiger partial charge in [0, 0.05) is 30.9 Å². The molecule has 1 fully saturated rings. The van der Waals surface area contributed by atoms with Crippen molar-refractivity contribution in [2.45, 2.75) is 33.2 Å². The smallest absolute Gasteiger partial charge is 0.228 e. The van der Waals surface area contributed by atoms with Gasteiger partial charge >= 0.3 is 0 Å². The van der Waals surface area contributed by atoms with Gasteiger partial charge in [-0.3, -0.25) is 0 Å². The minimum Gasteiger partial charge on any atom is -0.478 e. The average Bonchev–Trinajstić information content (AvgIpc) is 2.32. The molecule has 0 bridgehead atoms. The largest absolute Gasteiger partial charge is 0.478 e. The van der Waals surface area contributed by atoms with Crippen LogP contribution in [-0.2, 0) is 0 Å². The van der Waals surface area contributed by atoms with Crippen LogP contribution in [0.3, 0.4) is 0 Å². The van der Waals surface area contributed by atoms with E-state index >= 15 is 0 Å². The summed E-state index contributed by atoms with van der Waals surface area (Å²) in [6.07, 6.45) is 0.989. The first-order valence-electron chi connectivity index (χ1n) is 6.59. The quantitative estimate of drug-likeness (QED) is 0.877. The second kappa shape index (κ2) is 5.52. The van der Waals surface area contributed by atoms with E-state index in [0.717, 1.165) is 31.2 Å². The lowest BCUT2D eigenvalue weighted by Crippen LogP contribution is -2.46. The summed E-state index contributed by atoms with van der Waals surface area (Å²) in [6.45, 7) is 8.55. The van der Waals surface area contributed by atoms with Crippen LogP contribution >= 0.6 is 0 Å². The van der Waals surface area contributed by atoms with Gasteiger partial charge in [-0.1, -0.05) is 6.92 Å². The molecule has 1 aliphatic rings. The maximum Gasteiger partial charge on any atom is 0.228 e. The fourth-order valence-electron chi connectivity index (χ4n) is 2.23. The molecule has 1 aromatic rings. The highest BCUT2D eigenvalue weighted by atomic mass is 16.5. The van der Waals surface area contributed by atoms with E-state index in [1.165, 1.54) is 0 Å². The normalized spacial score (nSPS) is 24.1. The molecule has 2 N–H and O–H groups in total. The summed E-state index contributed by atoms with van der Waals surface area (Å²) >= 11 is 0. The predicted molar refractivity (Wildman–Crippen MR) is 71.9 cm³/mol. The van der Waals surface area contributed by atoms with E-state index in [4.69, 9.17) is 10.5 Å². The topological polar surface area (TPSA) is 64.3 Å². The zero-order valence-corrected chi connectivity index (χ0v) is 11.4. The first kappa shape index (κ1) is 13.1. The lowest BCUT2D eigenvalue weighted by atomic mass is 9.95. The maximum absolute atomic E-state index is 6.03. The van der Waals surface area contributed by atoms with Crippen molar-refractivity contribution in [2.75, 3.05) is 24.6 Å². The van der Waals surface area contributed by atoms with Crippen LogP contribution in [0.2, 0.25) is 0 Å². The predicted octanol–water partition coefficient (Wildman–Crippen LogP) is 1.36. The molecule has 0 radical (unpaired) electrons. The first-order valence-corrected chi connectivity index (χ1v) is 6.59. The number of ether oxygens (including phenoxy) is 1. The summed E-state index contributed by atoms with van der Waals surface area (Å²) < 4.78 is 5.46. The number of hydrogen-bond acceptors (Lipinski definition) is 5. The number of aromatic nitrogens is 2. The molecule has 2 unspecified atom stereocenters. The van der Waals surface area contributed by atoms with Crippen LogP contribution in [0.4, 0.5) is 5.95 Å². The Labute approximate surface area is 108 Å². The van der Waals surface area contributed by atoms with Crippen molar-refractivity contribution in [3.05, 3.63) is 11.8 Å².